The molecule has 100 valence electrons. The fourth-order valence-electron chi connectivity index (χ4n) is 2.29. The standard InChI is InChI=1S/C14H27NO2/c1-10(2)11(3)9-15-13-7-5-12(6-8-13)14(16)17-4/h10-13,15H,5-9H2,1-4H3. The Bertz CT molecular complexity index is 232. The van der Waals surface area contributed by atoms with Crippen molar-refractivity contribution in [3.05, 3.63) is 0 Å². The number of hydrogen-bond donors (Lipinski definition) is 1. The van der Waals surface area contributed by atoms with E-state index in [0.717, 1.165) is 38.1 Å². The molecule has 0 aliphatic heterocycles. The summed E-state index contributed by atoms with van der Waals surface area (Å²) in [5.41, 5.74) is 0. The van der Waals surface area contributed by atoms with E-state index in [1.165, 1.54) is 7.11 Å². The first-order valence-corrected chi connectivity index (χ1v) is 6.85. The smallest absolute Gasteiger partial charge is 0.308 e. The van der Waals surface area contributed by atoms with E-state index in [9.17, 15) is 4.79 Å². The molecular formula is C14H27NO2. The Morgan fingerprint density at radius 2 is 1.82 bits per heavy atom. The van der Waals surface area contributed by atoms with Gasteiger partial charge in [-0.25, -0.2) is 0 Å². The molecule has 1 unspecified atom stereocenters. The van der Waals surface area contributed by atoms with Gasteiger partial charge in [-0.1, -0.05) is 20.8 Å². The van der Waals surface area contributed by atoms with Gasteiger partial charge in [0.25, 0.3) is 0 Å². The van der Waals surface area contributed by atoms with Crippen LogP contribution in [0.4, 0.5) is 0 Å². The van der Waals surface area contributed by atoms with Crippen LogP contribution in [0.15, 0.2) is 0 Å². The van der Waals surface area contributed by atoms with E-state index in [1.807, 2.05) is 0 Å². The Kier molecular flexibility index (Phi) is 5.96. The molecule has 1 fully saturated rings. The van der Waals surface area contributed by atoms with E-state index >= 15 is 0 Å². The maximum absolute atomic E-state index is 11.4. The quantitative estimate of drug-likeness (QED) is 0.752. The Morgan fingerprint density at radius 3 is 2.29 bits per heavy atom. The van der Waals surface area contributed by atoms with E-state index in [-0.39, 0.29) is 11.9 Å². The number of carbonyl (C=O) groups excluding carboxylic acids is 1. The minimum absolute atomic E-state index is 0.0287. The highest BCUT2D eigenvalue weighted by atomic mass is 16.5. The summed E-state index contributed by atoms with van der Waals surface area (Å²) in [4.78, 5) is 11.4. The molecule has 0 bridgehead atoms. The van der Waals surface area contributed by atoms with Crippen LogP contribution in [0.3, 0.4) is 0 Å². The van der Waals surface area contributed by atoms with E-state index in [1.54, 1.807) is 0 Å². The number of carbonyl (C=O) groups is 1. The third-order valence-corrected chi connectivity index (χ3v) is 4.13. The monoisotopic (exact) mass is 241 g/mol. The molecule has 0 spiro atoms. The lowest BCUT2D eigenvalue weighted by Gasteiger charge is -2.29. The highest BCUT2D eigenvalue weighted by Gasteiger charge is 2.26. The average molecular weight is 241 g/mol. The normalized spacial score (nSPS) is 26.9. The largest absolute Gasteiger partial charge is 0.469 e. The van der Waals surface area contributed by atoms with Crippen LogP contribution in [0.5, 0.6) is 0 Å². The zero-order valence-corrected chi connectivity index (χ0v) is 11.7. The Labute approximate surface area is 105 Å². The van der Waals surface area contributed by atoms with Crippen LogP contribution in [0.2, 0.25) is 0 Å². The lowest BCUT2D eigenvalue weighted by Crippen LogP contribution is -2.38. The van der Waals surface area contributed by atoms with Gasteiger partial charge in [-0.05, 0) is 44.1 Å². The Balaban J connectivity index is 2.21. The van der Waals surface area contributed by atoms with Crippen LogP contribution in [-0.4, -0.2) is 25.7 Å². The van der Waals surface area contributed by atoms with Gasteiger partial charge in [0, 0.05) is 6.04 Å². The molecule has 1 saturated carbocycles. The lowest BCUT2D eigenvalue weighted by atomic mass is 9.85. The number of hydrogen-bond acceptors (Lipinski definition) is 3. The maximum Gasteiger partial charge on any atom is 0.308 e. The Morgan fingerprint density at radius 1 is 1.24 bits per heavy atom. The fourth-order valence-corrected chi connectivity index (χ4v) is 2.29. The van der Waals surface area contributed by atoms with Gasteiger partial charge < -0.3 is 10.1 Å². The first-order chi connectivity index (χ1) is 8.04. The van der Waals surface area contributed by atoms with Crippen molar-refractivity contribution in [1.82, 2.24) is 5.32 Å². The summed E-state index contributed by atoms with van der Waals surface area (Å²) in [5.74, 6) is 1.56. The molecule has 1 N–H and O–H groups in total. The van der Waals surface area contributed by atoms with Crippen LogP contribution in [-0.2, 0) is 9.53 Å². The van der Waals surface area contributed by atoms with E-state index in [2.05, 4.69) is 26.1 Å². The summed E-state index contributed by atoms with van der Waals surface area (Å²) in [6, 6.07) is 0.595. The van der Waals surface area contributed by atoms with Gasteiger partial charge in [0.2, 0.25) is 0 Å². The van der Waals surface area contributed by atoms with Crippen molar-refractivity contribution in [3.63, 3.8) is 0 Å². The topological polar surface area (TPSA) is 38.3 Å². The second-order valence-electron chi connectivity index (χ2n) is 5.70. The molecule has 1 rings (SSSR count). The molecule has 1 aliphatic rings. The molecule has 0 saturated heterocycles. The molecule has 0 aromatic rings. The van der Waals surface area contributed by atoms with Crippen molar-refractivity contribution >= 4 is 5.97 Å². The fraction of sp³-hybridized carbons (Fsp3) is 0.929. The summed E-state index contributed by atoms with van der Waals surface area (Å²) >= 11 is 0. The van der Waals surface area contributed by atoms with Crippen molar-refractivity contribution in [2.24, 2.45) is 17.8 Å². The summed E-state index contributed by atoms with van der Waals surface area (Å²) in [5, 5.41) is 3.63. The maximum atomic E-state index is 11.4. The van der Waals surface area contributed by atoms with E-state index < -0.39 is 0 Å². The summed E-state index contributed by atoms with van der Waals surface area (Å²) in [6.07, 6.45) is 4.15. The van der Waals surface area contributed by atoms with Gasteiger partial charge in [0.1, 0.15) is 0 Å². The number of nitrogens with one attached hydrogen (secondary N) is 1. The van der Waals surface area contributed by atoms with Gasteiger partial charge in [-0.3, -0.25) is 4.79 Å². The molecular weight excluding hydrogens is 214 g/mol. The third-order valence-electron chi connectivity index (χ3n) is 4.13. The second kappa shape index (κ2) is 7.00. The minimum Gasteiger partial charge on any atom is -0.469 e. The molecule has 3 nitrogen and oxygen atoms in total. The lowest BCUT2D eigenvalue weighted by molar-refractivity contribution is -0.146. The molecule has 17 heavy (non-hydrogen) atoms. The zero-order chi connectivity index (χ0) is 12.8. The predicted molar refractivity (Wildman–Crippen MR) is 69.8 cm³/mol. The summed E-state index contributed by atoms with van der Waals surface area (Å²) in [7, 11) is 1.48. The molecule has 0 amide bonds. The number of methoxy groups -OCH3 is 1. The van der Waals surface area contributed by atoms with Crippen LogP contribution in [0.25, 0.3) is 0 Å². The second-order valence-corrected chi connectivity index (χ2v) is 5.70. The molecule has 3 heteroatoms. The highest BCUT2D eigenvalue weighted by molar-refractivity contribution is 5.72. The first-order valence-electron chi connectivity index (χ1n) is 6.85. The number of esters is 1. The highest BCUT2D eigenvalue weighted by Crippen LogP contribution is 2.25. The van der Waals surface area contributed by atoms with Gasteiger partial charge >= 0.3 is 5.97 Å². The van der Waals surface area contributed by atoms with E-state index in [0.29, 0.717) is 12.0 Å². The number of rotatable bonds is 5. The molecule has 0 aromatic heterocycles. The molecule has 0 heterocycles. The van der Waals surface area contributed by atoms with Crippen LogP contribution >= 0.6 is 0 Å². The summed E-state index contributed by atoms with van der Waals surface area (Å²) < 4.78 is 4.80. The third kappa shape index (κ3) is 4.66. The molecule has 1 atom stereocenters. The van der Waals surface area contributed by atoms with Crippen LogP contribution in [0.1, 0.15) is 46.5 Å². The molecule has 0 radical (unpaired) electrons. The SMILES string of the molecule is COC(=O)C1CCC(NCC(C)C(C)C)CC1. The molecule has 0 aromatic carbocycles. The average Bonchev–Trinajstić information content (AvgIpc) is 2.35. The van der Waals surface area contributed by atoms with E-state index in [4.69, 9.17) is 4.74 Å². The van der Waals surface area contributed by atoms with Gasteiger partial charge in [0.05, 0.1) is 13.0 Å². The van der Waals surface area contributed by atoms with Crippen molar-refractivity contribution in [2.75, 3.05) is 13.7 Å². The van der Waals surface area contributed by atoms with Crippen molar-refractivity contribution in [2.45, 2.75) is 52.5 Å². The van der Waals surface area contributed by atoms with Crippen molar-refractivity contribution < 1.29 is 9.53 Å². The van der Waals surface area contributed by atoms with Gasteiger partial charge in [0.15, 0.2) is 0 Å². The van der Waals surface area contributed by atoms with Crippen molar-refractivity contribution in [3.8, 4) is 0 Å². The minimum atomic E-state index is -0.0287. The summed E-state index contributed by atoms with van der Waals surface area (Å²) in [6.45, 7) is 7.91. The van der Waals surface area contributed by atoms with Crippen LogP contribution < -0.4 is 5.32 Å². The first kappa shape index (κ1) is 14.5. The molecule has 1 aliphatic carbocycles. The zero-order valence-electron chi connectivity index (χ0n) is 11.7. The van der Waals surface area contributed by atoms with Crippen LogP contribution in [0, 0.1) is 17.8 Å². The van der Waals surface area contributed by atoms with Gasteiger partial charge in [-0.2, -0.15) is 0 Å². The Hall–Kier alpha value is -0.570. The van der Waals surface area contributed by atoms with Gasteiger partial charge in [-0.15, -0.1) is 0 Å². The number of ether oxygens (including phenoxy) is 1. The predicted octanol–water partition coefficient (Wildman–Crippen LogP) is 2.60. The van der Waals surface area contributed by atoms with Crippen molar-refractivity contribution in [1.29, 1.82) is 0 Å².